The van der Waals surface area contributed by atoms with Gasteiger partial charge in [0.25, 0.3) is 0 Å². The van der Waals surface area contributed by atoms with Gasteiger partial charge in [-0.15, -0.1) is 0 Å². The van der Waals surface area contributed by atoms with Crippen LogP contribution in [0, 0.1) is 11.8 Å². The van der Waals surface area contributed by atoms with Crippen molar-refractivity contribution in [3.63, 3.8) is 0 Å². The predicted octanol–water partition coefficient (Wildman–Crippen LogP) is 2.21. The Morgan fingerprint density at radius 3 is 2.52 bits per heavy atom. The van der Waals surface area contributed by atoms with Crippen LogP contribution in [0.2, 0.25) is 0 Å². The highest BCUT2D eigenvalue weighted by atomic mass is 16.2. The molecule has 4 rings (SSSR count). The summed E-state index contributed by atoms with van der Waals surface area (Å²) in [6.45, 7) is 1.93. The van der Waals surface area contributed by atoms with Crippen molar-refractivity contribution in [2.24, 2.45) is 11.8 Å². The third-order valence-electron chi connectivity index (χ3n) is 5.92. The first-order chi connectivity index (χ1) is 12.2. The Balaban J connectivity index is 1.26. The number of amides is 3. The van der Waals surface area contributed by atoms with E-state index < -0.39 is 0 Å². The molecular formula is C18H27N5O2. The van der Waals surface area contributed by atoms with E-state index >= 15 is 0 Å². The summed E-state index contributed by atoms with van der Waals surface area (Å²) < 4.78 is 1.58. The lowest BCUT2D eigenvalue weighted by atomic mass is 10.0. The molecule has 1 aromatic heterocycles. The average molecular weight is 345 g/mol. The SMILES string of the molecule is O=C(Cn1cc(NC(=O)N2C[C@H]3CCC[C@@H]3C2)cn1)NC1CCCC1. The summed E-state index contributed by atoms with van der Waals surface area (Å²) in [4.78, 5) is 26.4. The second kappa shape index (κ2) is 7.06. The zero-order valence-electron chi connectivity index (χ0n) is 14.6. The van der Waals surface area contributed by atoms with E-state index in [2.05, 4.69) is 15.7 Å². The smallest absolute Gasteiger partial charge is 0.321 e. The van der Waals surface area contributed by atoms with E-state index in [4.69, 9.17) is 0 Å². The number of urea groups is 1. The summed E-state index contributed by atoms with van der Waals surface area (Å²) in [5.41, 5.74) is 0.649. The van der Waals surface area contributed by atoms with E-state index in [1.54, 1.807) is 17.1 Å². The molecule has 136 valence electrons. The minimum Gasteiger partial charge on any atom is -0.352 e. The molecule has 0 bridgehead atoms. The van der Waals surface area contributed by atoms with Gasteiger partial charge in [-0.1, -0.05) is 19.3 Å². The van der Waals surface area contributed by atoms with Gasteiger partial charge in [-0.2, -0.15) is 5.10 Å². The van der Waals surface area contributed by atoms with E-state index in [1.165, 1.54) is 32.1 Å². The Morgan fingerprint density at radius 1 is 1.08 bits per heavy atom. The maximum atomic E-state index is 12.4. The van der Waals surface area contributed by atoms with Crippen molar-refractivity contribution in [1.82, 2.24) is 20.0 Å². The first-order valence-electron chi connectivity index (χ1n) is 9.55. The monoisotopic (exact) mass is 345 g/mol. The van der Waals surface area contributed by atoms with Crippen LogP contribution in [0.4, 0.5) is 10.5 Å². The van der Waals surface area contributed by atoms with Gasteiger partial charge in [0, 0.05) is 25.3 Å². The molecule has 2 N–H and O–H groups in total. The molecule has 3 fully saturated rings. The van der Waals surface area contributed by atoms with Gasteiger partial charge < -0.3 is 15.5 Å². The second-order valence-electron chi connectivity index (χ2n) is 7.76. The second-order valence-corrected chi connectivity index (χ2v) is 7.76. The fourth-order valence-corrected chi connectivity index (χ4v) is 4.61. The van der Waals surface area contributed by atoms with Crippen molar-refractivity contribution >= 4 is 17.6 Å². The van der Waals surface area contributed by atoms with Crippen LogP contribution in [0.1, 0.15) is 44.9 Å². The first kappa shape index (κ1) is 16.4. The van der Waals surface area contributed by atoms with Crippen molar-refractivity contribution in [1.29, 1.82) is 0 Å². The molecule has 2 saturated carbocycles. The van der Waals surface area contributed by atoms with Crippen molar-refractivity contribution in [2.45, 2.75) is 57.5 Å². The van der Waals surface area contributed by atoms with Gasteiger partial charge in [0.2, 0.25) is 5.91 Å². The molecule has 7 nitrogen and oxygen atoms in total. The third-order valence-corrected chi connectivity index (χ3v) is 5.92. The molecule has 2 atom stereocenters. The van der Waals surface area contributed by atoms with Crippen LogP contribution < -0.4 is 10.6 Å². The number of hydrogen-bond donors (Lipinski definition) is 2. The topological polar surface area (TPSA) is 79.3 Å². The van der Waals surface area contributed by atoms with Crippen molar-refractivity contribution < 1.29 is 9.59 Å². The van der Waals surface area contributed by atoms with Gasteiger partial charge in [0.05, 0.1) is 11.9 Å². The summed E-state index contributed by atoms with van der Waals surface area (Å²) in [7, 11) is 0. The summed E-state index contributed by atoms with van der Waals surface area (Å²) in [6.07, 6.45) is 11.7. The number of fused-ring (bicyclic) bond motifs is 1. The Bertz CT molecular complexity index is 625. The number of hydrogen-bond acceptors (Lipinski definition) is 3. The largest absolute Gasteiger partial charge is 0.352 e. The Morgan fingerprint density at radius 2 is 1.80 bits per heavy atom. The maximum Gasteiger partial charge on any atom is 0.321 e. The summed E-state index contributed by atoms with van der Waals surface area (Å²) >= 11 is 0. The van der Waals surface area contributed by atoms with Gasteiger partial charge in [-0.3, -0.25) is 9.48 Å². The number of nitrogens with zero attached hydrogens (tertiary/aromatic N) is 3. The first-order valence-corrected chi connectivity index (χ1v) is 9.55. The number of carbonyl (C=O) groups is 2. The lowest BCUT2D eigenvalue weighted by Gasteiger charge is -2.17. The van der Waals surface area contributed by atoms with Crippen LogP contribution in [0.15, 0.2) is 12.4 Å². The number of rotatable bonds is 4. The number of aromatic nitrogens is 2. The third kappa shape index (κ3) is 3.80. The van der Waals surface area contributed by atoms with Crippen LogP contribution in [-0.2, 0) is 11.3 Å². The fourth-order valence-electron chi connectivity index (χ4n) is 4.61. The zero-order valence-corrected chi connectivity index (χ0v) is 14.6. The van der Waals surface area contributed by atoms with E-state index in [-0.39, 0.29) is 18.5 Å². The standard InChI is InChI=1S/C18H27N5O2/c24-17(20-15-6-1-2-7-15)12-23-11-16(8-19-23)21-18(25)22-9-13-4-3-5-14(13)10-22/h8,11,13-15H,1-7,9-10,12H2,(H,20,24)(H,21,25)/t13-,14-/m1/s1. The maximum absolute atomic E-state index is 12.4. The minimum atomic E-state index is -0.0515. The summed E-state index contributed by atoms with van der Waals surface area (Å²) in [6, 6.07) is 0.265. The molecule has 0 unspecified atom stereocenters. The van der Waals surface area contributed by atoms with Gasteiger partial charge in [0.1, 0.15) is 6.54 Å². The van der Waals surface area contributed by atoms with E-state index in [9.17, 15) is 9.59 Å². The van der Waals surface area contributed by atoms with Gasteiger partial charge in [0.15, 0.2) is 0 Å². The van der Waals surface area contributed by atoms with E-state index in [1.807, 2.05) is 4.90 Å². The molecule has 2 aliphatic carbocycles. The number of nitrogens with one attached hydrogen (secondary N) is 2. The number of carbonyl (C=O) groups excluding carboxylic acids is 2. The lowest BCUT2D eigenvalue weighted by molar-refractivity contribution is -0.122. The van der Waals surface area contributed by atoms with Gasteiger partial charge in [-0.05, 0) is 37.5 Å². The minimum absolute atomic E-state index is 0.0137. The molecule has 3 amide bonds. The van der Waals surface area contributed by atoms with E-state index in [0.29, 0.717) is 23.6 Å². The van der Waals surface area contributed by atoms with E-state index in [0.717, 1.165) is 25.9 Å². The number of likely N-dealkylation sites (tertiary alicyclic amines) is 1. The quantitative estimate of drug-likeness (QED) is 0.878. The highest BCUT2D eigenvalue weighted by molar-refractivity contribution is 5.89. The van der Waals surface area contributed by atoms with Gasteiger partial charge >= 0.3 is 6.03 Å². The van der Waals surface area contributed by atoms with Gasteiger partial charge in [-0.25, -0.2) is 4.79 Å². The Hall–Kier alpha value is -2.05. The Labute approximate surface area is 148 Å². The van der Waals surface area contributed by atoms with Crippen LogP contribution in [-0.4, -0.2) is 45.8 Å². The van der Waals surface area contributed by atoms with Crippen LogP contribution in [0.5, 0.6) is 0 Å². The Kier molecular flexibility index (Phi) is 4.63. The molecule has 1 aromatic rings. The molecule has 25 heavy (non-hydrogen) atoms. The normalized spacial score (nSPS) is 26.0. The molecule has 7 heteroatoms. The molecule has 0 spiro atoms. The molecule has 2 heterocycles. The summed E-state index contributed by atoms with van der Waals surface area (Å²) in [5, 5.41) is 10.2. The molecule has 0 aromatic carbocycles. The lowest BCUT2D eigenvalue weighted by Crippen LogP contribution is -2.35. The van der Waals surface area contributed by atoms with Crippen molar-refractivity contribution in [2.75, 3.05) is 18.4 Å². The average Bonchev–Trinajstić information content (AvgIpc) is 3.30. The molecular weight excluding hydrogens is 318 g/mol. The predicted molar refractivity (Wildman–Crippen MR) is 94.0 cm³/mol. The van der Waals surface area contributed by atoms with Crippen LogP contribution >= 0.6 is 0 Å². The highest BCUT2D eigenvalue weighted by Gasteiger charge is 2.38. The van der Waals surface area contributed by atoms with Crippen molar-refractivity contribution in [3.8, 4) is 0 Å². The summed E-state index contributed by atoms with van der Waals surface area (Å²) in [5.74, 6) is 1.36. The molecule has 1 aliphatic heterocycles. The van der Waals surface area contributed by atoms with Crippen LogP contribution in [0.25, 0.3) is 0 Å². The zero-order chi connectivity index (χ0) is 17.2. The molecule has 0 radical (unpaired) electrons. The number of anilines is 1. The van der Waals surface area contributed by atoms with Crippen LogP contribution in [0.3, 0.4) is 0 Å². The highest BCUT2D eigenvalue weighted by Crippen LogP contribution is 2.37. The van der Waals surface area contributed by atoms with Crippen molar-refractivity contribution in [3.05, 3.63) is 12.4 Å². The fraction of sp³-hybridized carbons (Fsp3) is 0.722. The molecule has 3 aliphatic rings. The molecule has 1 saturated heterocycles.